The number of hydrogen-bond acceptors (Lipinski definition) is 4. The molecular weight excluding hydrogens is 422 g/mol. The first-order valence-electron chi connectivity index (χ1n) is 12.0. The lowest BCUT2D eigenvalue weighted by molar-refractivity contribution is -0.130. The fourth-order valence-corrected chi connectivity index (χ4v) is 5.25. The number of aliphatic imine (C=N–C) groups is 1. The number of Topliss-reactive ketones (excluding diaryl/α,β-unsaturated/α-hetero) is 1. The molecule has 0 saturated heterocycles. The van der Waals surface area contributed by atoms with Crippen LogP contribution in [0.5, 0.6) is 0 Å². The van der Waals surface area contributed by atoms with E-state index in [1.807, 2.05) is 84.9 Å². The van der Waals surface area contributed by atoms with Gasteiger partial charge in [0.05, 0.1) is 6.54 Å². The summed E-state index contributed by atoms with van der Waals surface area (Å²) in [5.74, 6) is 0.545. The number of hydrogen-bond donors (Lipinski definition) is 1. The minimum absolute atomic E-state index is 0.171. The third-order valence-corrected chi connectivity index (χ3v) is 7.02. The zero-order valence-corrected chi connectivity index (χ0v) is 19.2. The van der Waals surface area contributed by atoms with Crippen LogP contribution in [0.25, 0.3) is 0 Å². The van der Waals surface area contributed by atoms with Gasteiger partial charge in [-0.3, -0.25) is 14.5 Å². The highest BCUT2D eigenvalue weighted by molar-refractivity contribution is 6.09. The van der Waals surface area contributed by atoms with Gasteiger partial charge in [-0.2, -0.15) is 0 Å². The first-order valence-corrected chi connectivity index (χ1v) is 12.0. The van der Waals surface area contributed by atoms with Gasteiger partial charge in [0, 0.05) is 12.3 Å². The van der Waals surface area contributed by atoms with Crippen molar-refractivity contribution in [3.8, 4) is 0 Å². The van der Waals surface area contributed by atoms with Gasteiger partial charge >= 0.3 is 0 Å². The van der Waals surface area contributed by atoms with Crippen molar-refractivity contribution in [3.05, 3.63) is 107 Å². The number of nitrogens with two attached hydrogens (primary N) is 1. The van der Waals surface area contributed by atoms with E-state index in [2.05, 4.69) is 0 Å². The molecule has 172 valence electrons. The molecule has 1 aliphatic heterocycles. The maximum atomic E-state index is 14.0. The number of amides is 1. The van der Waals surface area contributed by atoms with Crippen molar-refractivity contribution in [2.75, 3.05) is 0 Å². The average molecular weight is 452 g/mol. The molecule has 1 fully saturated rings. The van der Waals surface area contributed by atoms with Gasteiger partial charge in [-0.05, 0) is 35.1 Å². The Bertz CT molecular complexity index is 1170. The van der Waals surface area contributed by atoms with Crippen LogP contribution in [0.4, 0.5) is 0 Å². The van der Waals surface area contributed by atoms with Crippen molar-refractivity contribution >= 4 is 17.6 Å². The summed E-state index contributed by atoms with van der Waals surface area (Å²) in [7, 11) is 0. The van der Waals surface area contributed by atoms with E-state index in [1.165, 1.54) is 0 Å². The van der Waals surface area contributed by atoms with E-state index in [1.54, 1.807) is 4.90 Å². The molecule has 0 bridgehead atoms. The zero-order valence-electron chi connectivity index (χ0n) is 19.2. The van der Waals surface area contributed by atoms with Crippen LogP contribution in [0, 0.1) is 5.92 Å². The largest absolute Gasteiger partial charge is 0.369 e. The van der Waals surface area contributed by atoms with E-state index < -0.39 is 5.54 Å². The second-order valence-electron chi connectivity index (χ2n) is 9.25. The lowest BCUT2D eigenvalue weighted by atomic mass is 9.83. The molecule has 34 heavy (non-hydrogen) atoms. The van der Waals surface area contributed by atoms with Crippen LogP contribution in [0.3, 0.4) is 0 Å². The minimum atomic E-state index is -1.21. The summed E-state index contributed by atoms with van der Waals surface area (Å²) in [5.41, 5.74) is 8.65. The van der Waals surface area contributed by atoms with Crippen molar-refractivity contribution in [1.29, 1.82) is 0 Å². The Morgan fingerprint density at radius 3 is 2.09 bits per heavy atom. The van der Waals surface area contributed by atoms with E-state index in [0.29, 0.717) is 18.7 Å². The van der Waals surface area contributed by atoms with Crippen molar-refractivity contribution in [1.82, 2.24) is 4.90 Å². The van der Waals surface area contributed by atoms with Crippen LogP contribution in [-0.4, -0.2) is 22.5 Å². The number of benzene rings is 3. The summed E-state index contributed by atoms with van der Waals surface area (Å²) >= 11 is 0. The van der Waals surface area contributed by atoms with Crippen LogP contribution >= 0.6 is 0 Å². The smallest absolute Gasteiger partial charge is 0.266 e. The van der Waals surface area contributed by atoms with Gasteiger partial charge in [0.25, 0.3) is 5.91 Å². The third-order valence-electron chi connectivity index (χ3n) is 7.02. The Balaban J connectivity index is 1.42. The lowest BCUT2D eigenvalue weighted by Crippen LogP contribution is -2.43. The molecule has 0 aromatic heterocycles. The first-order chi connectivity index (χ1) is 16.6. The quantitative estimate of drug-likeness (QED) is 0.571. The summed E-state index contributed by atoms with van der Waals surface area (Å²) in [6.45, 7) is 0.307. The van der Waals surface area contributed by atoms with E-state index in [9.17, 15) is 9.59 Å². The second kappa shape index (κ2) is 9.26. The second-order valence-corrected chi connectivity index (χ2v) is 9.25. The lowest BCUT2D eigenvalue weighted by Gasteiger charge is -2.27. The Morgan fingerprint density at radius 1 is 0.882 bits per heavy atom. The fourth-order valence-electron chi connectivity index (χ4n) is 5.25. The molecule has 0 atom stereocenters. The molecule has 2 N–H and O–H groups in total. The van der Waals surface area contributed by atoms with Crippen molar-refractivity contribution in [2.24, 2.45) is 16.6 Å². The molecule has 1 saturated carbocycles. The number of ketones is 1. The normalized spacial score (nSPS) is 17.7. The molecule has 1 heterocycles. The van der Waals surface area contributed by atoms with Gasteiger partial charge in [0.2, 0.25) is 0 Å². The molecule has 1 amide bonds. The fraction of sp³-hybridized carbons (Fsp3) is 0.276. The Morgan fingerprint density at radius 2 is 1.47 bits per heavy atom. The molecule has 0 spiro atoms. The monoisotopic (exact) mass is 451 g/mol. The summed E-state index contributed by atoms with van der Waals surface area (Å²) in [6.07, 6.45) is 4.76. The molecular formula is C29H29N3O2. The molecule has 1 aliphatic carbocycles. The first kappa shape index (κ1) is 22.1. The van der Waals surface area contributed by atoms with E-state index in [4.69, 9.17) is 10.7 Å². The van der Waals surface area contributed by atoms with Gasteiger partial charge in [0.15, 0.2) is 11.5 Å². The minimum Gasteiger partial charge on any atom is -0.369 e. The topological polar surface area (TPSA) is 75.8 Å². The van der Waals surface area contributed by atoms with Crippen LogP contribution in [0.2, 0.25) is 0 Å². The van der Waals surface area contributed by atoms with Crippen LogP contribution in [-0.2, 0) is 28.1 Å². The maximum absolute atomic E-state index is 14.0. The van der Waals surface area contributed by atoms with Gasteiger partial charge in [-0.15, -0.1) is 0 Å². The summed E-state index contributed by atoms with van der Waals surface area (Å²) in [4.78, 5) is 32.9. The van der Waals surface area contributed by atoms with Gasteiger partial charge in [0.1, 0.15) is 5.78 Å². The highest BCUT2D eigenvalue weighted by Gasteiger charge is 2.50. The number of guanidine groups is 1. The molecule has 3 aromatic rings. The van der Waals surface area contributed by atoms with Crippen LogP contribution in [0.1, 0.15) is 47.9 Å². The Labute approximate surface area is 200 Å². The summed E-state index contributed by atoms with van der Waals surface area (Å²) < 4.78 is 0. The standard InChI is InChI=1S/C29H29N3O2/c30-28-31-29(24-14-3-1-4-15-24,25-16-5-2-6-17-25)27(34)32(28)20-22-11-9-10-21(18-22)19-26(33)23-12-7-8-13-23/h1-6,9-11,14-18,23H,7-8,12-13,19-20H2,(H2,30,31). The molecule has 0 radical (unpaired) electrons. The summed E-state index contributed by atoms with van der Waals surface area (Å²) in [6, 6.07) is 27.1. The molecule has 3 aromatic carbocycles. The van der Waals surface area contributed by atoms with Crippen LogP contribution in [0.15, 0.2) is 89.9 Å². The van der Waals surface area contributed by atoms with Gasteiger partial charge in [-0.25, -0.2) is 4.99 Å². The van der Waals surface area contributed by atoms with Gasteiger partial charge in [-0.1, -0.05) is 97.8 Å². The highest BCUT2D eigenvalue weighted by Crippen LogP contribution is 2.40. The van der Waals surface area contributed by atoms with E-state index >= 15 is 0 Å². The number of carbonyl (C=O) groups is 2. The highest BCUT2D eigenvalue weighted by atomic mass is 16.2. The predicted molar refractivity (Wildman–Crippen MR) is 133 cm³/mol. The number of rotatable bonds is 7. The van der Waals surface area contributed by atoms with E-state index in [-0.39, 0.29) is 17.8 Å². The van der Waals surface area contributed by atoms with Crippen molar-refractivity contribution in [2.45, 2.75) is 44.2 Å². The maximum Gasteiger partial charge on any atom is 0.266 e. The molecule has 0 unspecified atom stereocenters. The SMILES string of the molecule is NC1=NC(c2ccccc2)(c2ccccc2)C(=O)N1Cc1cccc(CC(=O)C2CCCC2)c1. The molecule has 5 heteroatoms. The Hall–Kier alpha value is -3.73. The number of carbonyl (C=O) groups excluding carboxylic acids is 2. The predicted octanol–water partition coefficient (Wildman–Crippen LogP) is 4.59. The average Bonchev–Trinajstić information content (AvgIpc) is 3.49. The van der Waals surface area contributed by atoms with E-state index in [0.717, 1.165) is 47.9 Å². The Kier molecular flexibility index (Phi) is 6.01. The van der Waals surface area contributed by atoms with Crippen molar-refractivity contribution in [3.63, 3.8) is 0 Å². The summed E-state index contributed by atoms with van der Waals surface area (Å²) in [5, 5.41) is 0. The van der Waals surface area contributed by atoms with Gasteiger partial charge < -0.3 is 5.73 Å². The van der Waals surface area contributed by atoms with Crippen molar-refractivity contribution < 1.29 is 9.59 Å². The number of nitrogens with zero attached hydrogens (tertiary/aromatic N) is 2. The molecule has 5 nitrogen and oxygen atoms in total. The molecule has 2 aliphatic rings. The van der Waals surface area contributed by atoms with Crippen LogP contribution < -0.4 is 5.73 Å². The third kappa shape index (κ3) is 4.03. The zero-order chi connectivity index (χ0) is 23.5. The molecule has 5 rings (SSSR count).